The summed E-state index contributed by atoms with van der Waals surface area (Å²) in [4.78, 5) is 0.509. The molecule has 2 aromatic rings. The normalized spacial score (nSPS) is 19.9. The molecule has 2 aliphatic heterocycles. The Morgan fingerprint density at radius 2 is 1.39 bits per heavy atom. The maximum Gasteiger partial charge on any atom is 0.243 e. The maximum absolute atomic E-state index is 13.2. The van der Waals surface area contributed by atoms with Crippen molar-refractivity contribution in [3.8, 4) is 11.5 Å². The molecule has 0 atom stereocenters. The van der Waals surface area contributed by atoms with Crippen molar-refractivity contribution in [2.45, 2.75) is 24.2 Å². The summed E-state index contributed by atoms with van der Waals surface area (Å²) < 4.78 is 66.8. The number of fused-ring (bicyclic) bond motifs is 2. The van der Waals surface area contributed by atoms with E-state index in [9.17, 15) is 16.8 Å². The molecule has 5 rings (SSSR count). The van der Waals surface area contributed by atoms with Gasteiger partial charge in [-0.25, -0.2) is 16.8 Å². The number of hydrogen-bond donors (Lipinski definition) is 0. The zero-order chi connectivity index (χ0) is 23.1. The maximum atomic E-state index is 13.2. The average molecular weight is 491 g/mol. The first-order valence-corrected chi connectivity index (χ1v) is 13.9. The van der Waals surface area contributed by atoms with Crippen molar-refractivity contribution in [3.63, 3.8) is 0 Å². The van der Waals surface area contributed by atoms with E-state index in [2.05, 4.69) is 0 Å². The van der Waals surface area contributed by atoms with Gasteiger partial charge in [0.1, 0.15) is 0 Å². The van der Waals surface area contributed by atoms with Crippen molar-refractivity contribution < 1.29 is 26.3 Å². The van der Waals surface area contributed by atoms with Crippen LogP contribution in [0.4, 0.5) is 0 Å². The van der Waals surface area contributed by atoms with Crippen molar-refractivity contribution in [3.05, 3.63) is 58.5 Å². The number of piperazine rings is 1. The van der Waals surface area contributed by atoms with Crippen molar-refractivity contribution in [1.82, 2.24) is 8.61 Å². The summed E-state index contributed by atoms with van der Waals surface area (Å²) in [6.07, 6.45) is 3.61. The van der Waals surface area contributed by atoms with Crippen LogP contribution < -0.4 is 9.47 Å². The molecule has 0 saturated carbocycles. The smallest absolute Gasteiger partial charge is 0.243 e. The SMILES string of the molecule is O=S(=O)(C1=Cc2ccccc2CC1)N1CCN(S(=O)(=O)c2ccc3c(c2)OCCCO3)CC1. The van der Waals surface area contributed by atoms with Crippen molar-refractivity contribution in [2.24, 2.45) is 0 Å². The molecule has 1 fully saturated rings. The van der Waals surface area contributed by atoms with Crippen LogP contribution in [0.2, 0.25) is 0 Å². The van der Waals surface area contributed by atoms with Gasteiger partial charge in [-0.3, -0.25) is 0 Å². The summed E-state index contributed by atoms with van der Waals surface area (Å²) in [6.45, 7) is 1.42. The highest BCUT2D eigenvalue weighted by Gasteiger charge is 2.35. The second-order valence-corrected chi connectivity index (χ2v) is 12.2. The zero-order valence-corrected chi connectivity index (χ0v) is 19.8. The van der Waals surface area contributed by atoms with Gasteiger partial charge >= 0.3 is 0 Å². The fraction of sp³-hybridized carbons (Fsp3) is 0.391. The molecule has 0 radical (unpaired) electrons. The van der Waals surface area contributed by atoms with Gasteiger partial charge in [0.05, 0.1) is 23.0 Å². The molecule has 33 heavy (non-hydrogen) atoms. The molecule has 0 aromatic heterocycles. The fourth-order valence-electron chi connectivity index (χ4n) is 4.38. The van der Waals surface area contributed by atoms with Gasteiger partial charge in [0.25, 0.3) is 0 Å². The van der Waals surface area contributed by atoms with E-state index in [1.807, 2.05) is 24.3 Å². The highest BCUT2D eigenvalue weighted by Crippen LogP contribution is 2.34. The molecule has 0 bridgehead atoms. The van der Waals surface area contributed by atoms with Crippen LogP contribution in [0, 0.1) is 0 Å². The van der Waals surface area contributed by atoms with Crippen molar-refractivity contribution in [2.75, 3.05) is 39.4 Å². The molecule has 176 valence electrons. The molecule has 0 amide bonds. The zero-order valence-electron chi connectivity index (χ0n) is 18.1. The summed E-state index contributed by atoms with van der Waals surface area (Å²) in [5.74, 6) is 0.948. The Morgan fingerprint density at radius 3 is 2.15 bits per heavy atom. The monoisotopic (exact) mass is 490 g/mol. The van der Waals surface area contributed by atoms with Gasteiger partial charge in [-0.15, -0.1) is 0 Å². The minimum absolute atomic E-state index is 0.0971. The number of ether oxygens (including phenoxy) is 2. The number of aryl methyl sites for hydroxylation is 1. The predicted molar refractivity (Wildman–Crippen MR) is 124 cm³/mol. The van der Waals surface area contributed by atoms with Gasteiger partial charge in [-0.05, 0) is 42.2 Å². The van der Waals surface area contributed by atoms with E-state index in [-0.39, 0.29) is 31.1 Å². The Morgan fingerprint density at radius 1 is 0.727 bits per heavy atom. The van der Waals surface area contributed by atoms with Crippen molar-refractivity contribution >= 4 is 26.1 Å². The Kier molecular flexibility index (Phi) is 5.94. The molecule has 2 aromatic carbocycles. The lowest BCUT2D eigenvalue weighted by Gasteiger charge is -2.34. The minimum atomic E-state index is -3.78. The molecule has 2 heterocycles. The second kappa shape index (κ2) is 8.75. The molecule has 1 saturated heterocycles. The van der Waals surface area contributed by atoms with Crippen LogP contribution in [0.15, 0.2) is 52.3 Å². The Bertz CT molecular complexity index is 1300. The van der Waals surface area contributed by atoms with E-state index >= 15 is 0 Å². The largest absolute Gasteiger partial charge is 0.490 e. The van der Waals surface area contributed by atoms with Gasteiger partial charge in [-0.2, -0.15) is 8.61 Å². The molecule has 0 N–H and O–H groups in total. The van der Waals surface area contributed by atoms with Crippen LogP contribution in [0.1, 0.15) is 24.0 Å². The highest BCUT2D eigenvalue weighted by molar-refractivity contribution is 7.93. The van der Waals surface area contributed by atoms with E-state index < -0.39 is 20.0 Å². The van der Waals surface area contributed by atoms with E-state index in [1.54, 1.807) is 12.1 Å². The molecular weight excluding hydrogens is 464 g/mol. The Hall–Kier alpha value is -2.40. The molecule has 8 nitrogen and oxygen atoms in total. The number of hydrogen-bond acceptors (Lipinski definition) is 6. The minimum Gasteiger partial charge on any atom is -0.490 e. The third-order valence-corrected chi connectivity index (χ3v) is 10.2. The van der Waals surface area contributed by atoms with Crippen molar-refractivity contribution in [1.29, 1.82) is 0 Å². The molecule has 1 aliphatic carbocycles. The number of benzene rings is 2. The van der Waals surface area contributed by atoms with Crippen LogP contribution in [0.25, 0.3) is 6.08 Å². The second-order valence-electron chi connectivity index (χ2n) is 8.28. The third kappa shape index (κ3) is 4.28. The topological polar surface area (TPSA) is 93.2 Å². The molecule has 10 heteroatoms. The lowest BCUT2D eigenvalue weighted by Crippen LogP contribution is -2.50. The first kappa shape index (κ1) is 22.4. The average Bonchev–Trinajstić information content (AvgIpc) is 3.09. The van der Waals surface area contributed by atoms with Crippen LogP contribution in [0.5, 0.6) is 11.5 Å². The number of nitrogens with zero attached hydrogens (tertiary/aromatic N) is 2. The van der Waals surface area contributed by atoms with Gasteiger partial charge in [-0.1, -0.05) is 24.3 Å². The molecule has 0 spiro atoms. The van der Waals surface area contributed by atoms with Crippen LogP contribution >= 0.6 is 0 Å². The van der Waals surface area contributed by atoms with Gasteiger partial charge in [0, 0.05) is 38.7 Å². The van der Waals surface area contributed by atoms with E-state index in [0.29, 0.717) is 42.5 Å². The van der Waals surface area contributed by atoms with Crippen LogP contribution in [0.3, 0.4) is 0 Å². The summed E-state index contributed by atoms with van der Waals surface area (Å²) in [5.41, 5.74) is 2.07. The third-order valence-electron chi connectivity index (χ3n) is 6.24. The molecular formula is C23H26N2O6S2. The molecule has 3 aliphatic rings. The quantitative estimate of drug-likeness (QED) is 0.654. The van der Waals surface area contributed by atoms with Crippen LogP contribution in [-0.2, 0) is 26.5 Å². The number of allylic oxidation sites excluding steroid dienone is 1. The molecule has 0 unspecified atom stereocenters. The summed E-state index contributed by atoms with van der Waals surface area (Å²) >= 11 is 0. The van der Waals surface area contributed by atoms with Crippen LogP contribution in [-0.4, -0.2) is 64.8 Å². The van der Waals surface area contributed by atoms with Gasteiger partial charge in [0.15, 0.2) is 11.5 Å². The standard InChI is InChI=1S/C23H26N2O6S2/c26-32(27,20-7-6-18-4-1-2-5-19(18)16-20)24-10-12-25(13-11-24)33(28,29)21-8-9-22-23(17-21)31-15-3-14-30-22/h1-2,4-5,8-9,16-17H,3,6-7,10-15H2. The van der Waals surface area contributed by atoms with E-state index in [0.717, 1.165) is 17.5 Å². The first-order valence-electron chi connectivity index (χ1n) is 11.0. The summed E-state index contributed by atoms with van der Waals surface area (Å²) in [7, 11) is -7.42. The number of sulfonamides is 2. The Balaban J connectivity index is 1.31. The summed E-state index contributed by atoms with van der Waals surface area (Å²) in [6, 6.07) is 12.4. The Labute approximate surface area is 194 Å². The summed E-state index contributed by atoms with van der Waals surface area (Å²) in [5, 5.41) is 0. The van der Waals surface area contributed by atoms with Gasteiger partial charge in [0.2, 0.25) is 20.0 Å². The predicted octanol–water partition coefficient (Wildman–Crippen LogP) is 2.47. The van der Waals surface area contributed by atoms with Gasteiger partial charge < -0.3 is 9.47 Å². The van der Waals surface area contributed by atoms with E-state index in [4.69, 9.17) is 9.47 Å². The highest BCUT2D eigenvalue weighted by atomic mass is 32.2. The number of rotatable bonds is 4. The fourth-order valence-corrected chi connectivity index (χ4v) is 7.43. The first-order chi connectivity index (χ1) is 15.9. The van der Waals surface area contributed by atoms with E-state index in [1.165, 1.54) is 20.7 Å². The lowest BCUT2D eigenvalue weighted by molar-refractivity contribution is 0.274. The lowest BCUT2D eigenvalue weighted by atomic mass is 9.98.